The molecule has 0 spiro atoms. The third-order valence-electron chi connectivity index (χ3n) is 10.1. The van der Waals surface area contributed by atoms with E-state index in [1.807, 2.05) is 24.3 Å². The van der Waals surface area contributed by atoms with E-state index in [2.05, 4.69) is 159 Å². The lowest BCUT2D eigenvalue weighted by Gasteiger charge is -2.23. The van der Waals surface area contributed by atoms with Crippen molar-refractivity contribution in [3.8, 4) is 67.3 Å². The second-order valence-electron chi connectivity index (χ2n) is 13.5. The molecule has 1 aliphatic carbocycles. The van der Waals surface area contributed by atoms with Gasteiger partial charge in [-0.3, -0.25) is 0 Å². The molecule has 2 heteroatoms. The standard InChI is InChI=1S/C47H34N2/c1-47(2)42-29-37(24-25-40(42)41-26-23-31-13-9-10-22-39(31)45(41)47)35-19-11-18-34(27-35)36-20-12-21-38(28-36)44-30-43(32-14-5-3-6-15-32)48-46(49-44)33-16-7-4-8-17-33/h3-30H,1-2H3. The number of hydrogen-bond donors (Lipinski definition) is 0. The minimum absolute atomic E-state index is 0.0950. The zero-order chi connectivity index (χ0) is 33.0. The molecule has 232 valence electrons. The van der Waals surface area contributed by atoms with Crippen LogP contribution in [0.4, 0.5) is 0 Å². The Morgan fingerprint density at radius 3 is 1.63 bits per heavy atom. The van der Waals surface area contributed by atoms with Gasteiger partial charge < -0.3 is 0 Å². The van der Waals surface area contributed by atoms with Gasteiger partial charge in [0.15, 0.2) is 5.82 Å². The van der Waals surface area contributed by atoms with Crippen molar-refractivity contribution < 1.29 is 0 Å². The number of rotatable bonds is 5. The molecule has 0 saturated heterocycles. The van der Waals surface area contributed by atoms with Gasteiger partial charge in [0.2, 0.25) is 0 Å². The van der Waals surface area contributed by atoms with E-state index in [-0.39, 0.29) is 5.41 Å². The lowest BCUT2D eigenvalue weighted by atomic mass is 9.79. The number of nitrogens with zero attached hydrogens (tertiary/aromatic N) is 2. The highest BCUT2D eigenvalue weighted by molar-refractivity contribution is 5.98. The summed E-state index contributed by atoms with van der Waals surface area (Å²) in [5, 5.41) is 2.65. The van der Waals surface area contributed by atoms with Gasteiger partial charge in [0.25, 0.3) is 0 Å². The highest BCUT2D eigenvalue weighted by atomic mass is 14.9. The molecule has 0 unspecified atom stereocenters. The van der Waals surface area contributed by atoms with Crippen molar-refractivity contribution in [2.24, 2.45) is 0 Å². The normalized spacial score (nSPS) is 12.9. The van der Waals surface area contributed by atoms with E-state index >= 15 is 0 Å². The van der Waals surface area contributed by atoms with Crippen LogP contribution in [0.15, 0.2) is 170 Å². The van der Waals surface area contributed by atoms with E-state index < -0.39 is 0 Å². The van der Waals surface area contributed by atoms with Crippen LogP contribution in [0.5, 0.6) is 0 Å². The largest absolute Gasteiger partial charge is 0.228 e. The highest BCUT2D eigenvalue weighted by Gasteiger charge is 2.37. The fraction of sp³-hybridized carbons (Fsp3) is 0.0638. The molecule has 7 aromatic carbocycles. The Labute approximate surface area is 287 Å². The van der Waals surface area contributed by atoms with Crippen LogP contribution in [0.2, 0.25) is 0 Å². The van der Waals surface area contributed by atoms with Crippen LogP contribution in [0.25, 0.3) is 78.1 Å². The van der Waals surface area contributed by atoms with Crippen LogP contribution in [-0.2, 0) is 5.41 Å². The lowest BCUT2D eigenvalue weighted by Crippen LogP contribution is -2.15. The summed E-state index contributed by atoms with van der Waals surface area (Å²) in [7, 11) is 0. The summed E-state index contributed by atoms with van der Waals surface area (Å²) in [6.45, 7) is 4.74. The average Bonchev–Trinajstić information content (AvgIpc) is 3.41. The van der Waals surface area contributed by atoms with E-state index in [1.54, 1.807) is 0 Å². The Morgan fingerprint density at radius 2 is 0.918 bits per heavy atom. The van der Waals surface area contributed by atoms with Crippen LogP contribution in [0, 0.1) is 0 Å². The Kier molecular flexibility index (Phi) is 6.84. The fourth-order valence-electron chi connectivity index (χ4n) is 7.58. The first-order chi connectivity index (χ1) is 24.0. The quantitative estimate of drug-likeness (QED) is 0.190. The van der Waals surface area contributed by atoms with Gasteiger partial charge in [-0.1, -0.05) is 159 Å². The predicted molar refractivity (Wildman–Crippen MR) is 204 cm³/mol. The molecule has 49 heavy (non-hydrogen) atoms. The molecule has 0 aliphatic heterocycles. The molecule has 0 bridgehead atoms. The van der Waals surface area contributed by atoms with Gasteiger partial charge in [0.05, 0.1) is 11.4 Å². The number of fused-ring (bicyclic) bond motifs is 5. The fourth-order valence-corrected chi connectivity index (χ4v) is 7.58. The van der Waals surface area contributed by atoms with E-state index in [4.69, 9.17) is 9.97 Å². The van der Waals surface area contributed by atoms with Crippen molar-refractivity contribution in [1.82, 2.24) is 9.97 Å². The van der Waals surface area contributed by atoms with Gasteiger partial charge in [0, 0.05) is 22.1 Å². The molecule has 0 amide bonds. The summed E-state index contributed by atoms with van der Waals surface area (Å²) in [5.74, 6) is 0.721. The summed E-state index contributed by atoms with van der Waals surface area (Å²) >= 11 is 0. The van der Waals surface area contributed by atoms with Gasteiger partial charge in [0.1, 0.15) is 0 Å². The number of aromatic nitrogens is 2. The Hall–Kier alpha value is -6.12. The smallest absolute Gasteiger partial charge is 0.160 e. The molecule has 9 rings (SSSR count). The molecular formula is C47H34N2. The monoisotopic (exact) mass is 626 g/mol. The molecule has 0 N–H and O–H groups in total. The predicted octanol–water partition coefficient (Wildman–Crippen LogP) is 12.3. The minimum Gasteiger partial charge on any atom is -0.228 e. The summed E-state index contributed by atoms with van der Waals surface area (Å²) < 4.78 is 0. The summed E-state index contributed by atoms with van der Waals surface area (Å²) in [6.07, 6.45) is 0. The first-order valence-corrected chi connectivity index (χ1v) is 16.9. The molecule has 0 radical (unpaired) electrons. The topological polar surface area (TPSA) is 25.8 Å². The first-order valence-electron chi connectivity index (χ1n) is 16.9. The van der Waals surface area contributed by atoms with E-state index in [1.165, 1.54) is 49.7 Å². The molecule has 1 heterocycles. The van der Waals surface area contributed by atoms with Gasteiger partial charge >= 0.3 is 0 Å². The second kappa shape index (κ2) is 11.5. The summed E-state index contributed by atoms with van der Waals surface area (Å²) in [4.78, 5) is 10.0. The maximum atomic E-state index is 5.07. The van der Waals surface area contributed by atoms with Crippen LogP contribution in [0.3, 0.4) is 0 Å². The first kappa shape index (κ1) is 29.1. The minimum atomic E-state index is -0.0950. The number of hydrogen-bond acceptors (Lipinski definition) is 2. The van der Waals surface area contributed by atoms with Crippen molar-refractivity contribution in [2.45, 2.75) is 19.3 Å². The maximum Gasteiger partial charge on any atom is 0.160 e. The molecule has 1 aliphatic rings. The van der Waals surface area contributed by atoms with Crippen molar-refractivity contribution in [3.05, 3.63) is 181 Å². The highest BCUT2D eigenvalue weighted by Crippen LogP contribution is 2.52. The molecule has 8 aromatic rings. The van der Waals surface area contributed by atoms with Gasteiger partial charge in [-0.2, -0.15) is 0 Å². The molecule has 0 fully saturated rings. The SMILES string of the molecule is CC1(C)c2cc(-c3cccc(-c4cccc(-c5cc(-c6ccccc6)nc(-c6ccccc6)n5)c4)c3)ccc2-c2ccc3ccccc3c21. The Morgan fingerprint density at radius 1 is 0.388 bits per heavy atom. The molecule has 0 saturated carbocycles. The maximum absolute atomic E-state index is 5.07. The lowest BCUT2D eigenvalue weighted by molar-refractivity contribution is 0.666. The van der Waals surface area contributed by atoms with Gasteiger partial charge in [-0.15, -0.1) is 0 Å². The van der Waals surface area contributed by atoms with Crippen LogP contribution in [-0.4, -0.2) is 9.97 Å². The van der Waals surface area contributed by atoms with Crippen LogP contribution in [0.1, 0.15) is 25.0 Å². The third-order valence-corrected chi connectivity index (χ3v) is 10.1. The molecule has 1 aromatic heterocycles. The van der Waals surface area contributed by atoms with E-state index in [0.717, 1.165) is 39.5 Å². The van der Waals surface area contributed by atoms with Crippen molar-refractivity contribution in [3.63, 3.8) is 0 Å². The molecule has 0 atom stereocenters. The zero-order valence-corrected chi connectivity index (χ0v) is 27.6. The van der Waals surface area contributed by atoms with E-state index in [0.29, 0.717) is 0 Å². The molecular weight excluding hydrogens is 593 g/mol. The average molecular weight is 627 g/mol. The van der Waals surface area contributed by atoms with Crippen LogP contribution >= 0.6 is 0 Å². The van der Waals surface area contributed by atoms with Crippen molar-refractivity contribution >= 4 is 10.8 Å². The summed E-state index contributed by atoms with van der Waals surface area (Å²) in [6, 6.07) is 60.6. The molecule has 2 nitrogen and oxygen atoms in total. The third kappa shape index (κ3) is 5.05. The Bertz CT molecular complexity index is 2450. The van der Waals surface area contributed by atoms with Gasteiger partial charge in [-0.05, 0) is 79.5 Å². The van der Waals surface area contributed by atoms with Crippen molar-refractivity contribution in [2.75, 3.05) is 0 Å². The summed E-state index contributed by atoms with van der Waals surface area (Å²) in [5.41, 5.74) is 15.1. The Balaban J connectivity index is 1.10. The second-order valence-corrected chi connectivity index (χ2v) is 13.5. The van der Waals surface area contributed by atoms with Crippen molar-refractivity contribution in [1.29, 1.82) is 0 Å². The number of benzene rings is 7. The zero-order valence-electron chi connectivity index (χ0n) is 27.6. The van der Waals surface area contributed by atoms with E-state index in [9.17, 15) is 0 Å². The van der Waals surface area contributed by atoms with Crippen LogP contribution < -0.4 is 0 Å². The van der Waals surface area contributed by atoms with Gasteiger partial charge in [-0.25, -0.2) is 9.97 Å².